The molecule has 0 aliphatic heterocycles. The second kappa shape index (κ2) is 6.79. The van der Waals surface area contributed by atoms with Gasteiger partial charge in [-0.3, -0.25) is 0 Å². The molecule has 0 saturated heterocycles. The molecule has 1 heterocycles. The van der Waals surface area contributed by atoms with E-state index in [1.165, 1.54) is 10.9 Å². The van der Waals surface area contributed by atoms with E-state index in [0.29, 0.717) is 6.42 Å². The van der Waals surface area contributed by atoms with Crippen LogP contribution in [0.2, 0.25) is 5.02 Å². The molecule has 1 atom stereocenters. The Balaban J connectivity index is 2.13. The summed E-state index contributed by atoms with van der Waals surface area (Å²) in [6.07, 6.45) is 0.659. The molecule has 21 heavy (non-hydrogen) atoms. The third kappa shape index (κ3) is 4.53. The lowest BCUT2D eigenvalue weighted by Crippen LogP contribution is -2.34. The maximum absolute atomic E-state index is 12.4. The van der Waals surface area contributed by atoms with Gasteiger partial charge in [-0.2, -0.15) is 0 Å². The molecule has 7 heteroatoms. The first kappa shape index (κ1) is 17.0. The largest absolute Gasteiger partial charge is 0.242 e. The van der Waals surface area contributed by atoms with Gasteiger partial charge in [0.25, 0.3) is 0 Å². The van der Waals surface area contributed by atoms with E-state index < -0.39 is 10.0 Å². The Morgan fingerprint density at radius 1 is 1.33 bits per heavy atom. The molecule has 1 unspecified atom stereocenters. The standard InChI is InChI=1S/C14H15BrClNO2S2/c1-9(7-12-5-3-10(2)20-12)17-21(18,19)14-6-4-11(15)8-13(14)16/h3-6,8-9,17H,7H2,1-2H3. The third-order valence-electron chi connectivity index (χ3n) is 2.84. The molecule has 0 spiro atoms. The summed E-state index contributed by atoms with van der Waals surface area (Å²) in [5.41, 5.74) is 0. The van der Waals surface area contributed by atoms with E-state index in [2.05, 4.69) is 20.7 Å². The smallest absolute Gasteiger partial charge is 0.208 e. The van der Waals surface area contributed by atoms with Crippen molar-refractivity contribution in [2.24, 2.45) is 0 Å². The minimum absolute atomic E-state index is 0.0987. The average Bonchev–Trinajstić information content (AvgIpc) is 2.72. The van der Waals surface area contributed by atoms with Crippen LogP contribution in [0.5, 0.6) is 0 Å². The third-order valence-corrected chi connectivity index (χ3v) is 6.43. The van der Waals surface area contributed by atoms with Gasteiger partial charge in [-0.15, -0.1) is 11.3 Å². The molecule has 0 fully saturated rings. The summed E-state index contributed by atoms with van der Waals surface area (Å²) in [6, 6.07) is 8.59. The van der Waals surface area contributed by atoms with Gasteiger partial charge in [0.2, 0.25) is 10.0 Å². The molecule has 0 amide bonds. The Kier molecular flexibility index (Phi) is 5.48. The molecule has 0 radical (unpaired) electrons. The van der Waals surface area contributed by atoms with Crippen LogP contribution in [-0.4, -0.2) is 14.5 Å². The molecular formula is C14H15BrClNO2S2. The van der Waals surface area contributed by atoms with Gasteiger partial charge in [-0.1, -0.05) is 27.5 Å². The van der Waals surface area contributed by atoms with Crippen LogP contribution >= 0.6 is 38.9 Å². The molecule has 1 aromatic carbocycles. The van der Waals surface area contributed by atoms with Crippen molar-refractivity contribution in [3.63, 3.8) is 0 Å². The van der Waals surface area contributed by atoms with Crippen LogP contribution in [0.4, 0.5) is 0 Å². The number of hydrogen-bond acceptors (Lipinski definition) is 3. The first-order valence-electron chi connectivity index (χ1n) is 6.30. The Morgan fingerprint density at radius 3 is 2.62 bits per heavy atom. The number of halogens is 2. The molecule has 0 aliphatic rings. The number of nitrogens with one attached hydrogen (secondary N) is 1. The maximum Gasteiger partial charge on any atom is 0.242 e. The summed E-state index contributed by atoms with van der Waals surface area (Å²) < 4.78 is 28.1. The van der Waals surface area contributed by atoms with Gasteiger partial charge in [0.15, 0.2) is 0 Å². The number of rotatable bonds is 5. The summed E-state index contributed by atoms with van der Waals surface area (Å²) in [6.45, 7) is 3.88. The number of hydrogen-bond donors (Lipinski definition) is 1. The highest BCUT2D eigenvalue weighted by Crippen LogP contribution is 2.25. The van der Waals surface area contributed by atoms with E-state index >= 15 is 0 Å². The fourth-order valence-corrected chi connectivity index (χ4v) is 5.26. The summed E-state index contributed by atoms with van der Waals surface area (Å²) in [5, 5.41) is 0.205. The van der Waals surface area contributed by atoms with Gasteiger partial charge >= 0.3 is 0 Å². The minimum Gasteiger partial charge on any atom is -0.208 e. The van der Waals surface area contributed by atoms with Crippen molar-refractivity contribution in [1.82, 2.24) is 4.72 Å². The average molecular weight is 409 g/mol. The lowest BCUT2D eigenvalue weighted by molar-refractivity contribution is 0.561. The van der Waals surface area contributed by atoms with E-state index in [4.69, 9.17) is 11.6 Å². The summed E-state index contributed by atoms with van der Waals surface area (Å²) in [7, 11) is -3.62. The zero-order valence-electron chi connectivity index (χ0n) is 11.6. The van der Waals surface area contributed by atoms with Crippen LogP contribution in [0.25, 0.3) is 0 Å². The molecule has 114 valence electrons. The predicted molar refractivity (Wildman–Crippen MR) is 91.7 cm³/mol. The lowest BCUT2D eigenvalue weighted by Gasteiger charge is -2.14. The Hall–Kier alpha value is -0.400. The molecule has 0 bridgehead atoms. The number of thiophene rings is 1. The molecule has 2 aromatic rings. The van der Waals surface area contributed by atoms with Gasteiger partial charge in [-0.05, 0) is 50.6 Å². The number of sulfonamides is 1. The predicted octanol–water partition coefficient (Wildman–Crippen LogP) is 4.38. The fourth-order valence-electron chi connectivity index (χ4n) is 1.96. The van der Waals surface area contributed by atoms with E-state index in [-0.39, 0.29) is 16.0 Å². The van der Waals surface area contributed by atoms with Crippen LogP contribution in [0.15, 0.2) is 39.7 Å². The van der Waals surface area contributed by atoms with Crippen LogP contribution in [-0.2, 0) is 16.4 Å². The van der Waals surface area contributed by atoms with Crippen molar-refractivity contribution in [2.45, 2.75) is 31.2 Å². The molecule has 2 rings (SSSR count). The number of benzene rings is 1. The van der Waals surface area contributed by atoms with Gasteiger partial charge < -0.3 is 0 Å². The van der Waals surface area contributed by atoms with E-state index in [0.717, 1.165) is 9.35 Å². The van der Waals surface area contributed by atoms with Crippen LogP contribution < -0.4 is 4.72 Å². The SMILES string of the molecule is Cc1ccc(CC(C)NS(=O)(=O)c2ccc(Br)cc2Cl)s1. The molecular weight excluding hydrogens is 394 g/mol. The Bertz CT molecular complexity index is 743. The van der Waals surface area contributed by atoms with E-state index in [9.17, 15) is 8.42 Å². The van der Waals surface area contributed by atoms with Crippen LogP contribution in [0.1, 0.15) is 16.7 Å². The molecule has 3 nitrogen and oxygen atoms in total. The van der Waals surface area contributed by atoms with Crippen LogP contribution in [0.3, 0.4) is 0 Å². The minimum atomic E-state index is -3.62. The van der Waals surface area contributed by atoms with Crippen molar-refractivity contribution >= 4 is 48.9 Å². The van der Waals surface area contributed by atoms with E-state index in [1.54, 1.807) is 23.5 Å². The highest BCUT2D eigenvalue weighted by molar-refractivity contribution is 9.10. The van der Waals surface area contributed by atoms with Gasteiger partial charge in [0.05, 0.1) is 5.02 Å². The molecule has 0 saturated carbocycles. The molecule has 0 aliphatic carbocycles. The van der Waals surface area contributed by atoms with Gasteiger partial charge in [0.1, 0.15) is 4.90 Å². The highest BCUT2D eigenvalue weighted by Gasteiger charge is 2.20. The number of aryl methyl sites for hydroxylation is 1. The quantitative estimate of drug-likeness (QED) is 0.798. The van der Waals surface area contributed by atoms with Crippen molar-refractivity contribution in [2.75, 3.05) is 0 Å². The zero-order chi connectivity index (χ0) is 15.6. The van der Waals surface area contributed by atoms with Crippen molar-refractivity contribution in [1.29, 1.82) is 0 Å². The summed E-state index contributed by atoms with van der Waals surface area (Å²) in [4.78, 5) is 2.47. The van der Waals surface area contributed by atoms with Crippen molar-refractivity contribution in [3.05, 3.63) is 49.6 Å². The summed E-state index contributed by atoms with van der Waals surface area (Å²) >= 11 is 11.0. The fraction of sp³-hybridized carbons (Fsp3) is 0.286. The Morgan fingerprint density at radius 2 is 2.05 bits per heavy atom. The molecule has 1 N–H and O–H groups in total. The van der Waals surface area contributed by atoms with Gasteiger partial charge in [0, 0.05) is 20.3 Å². The first-order valence-corrected chi connectivity index (χ1v) is 9.77. The maximum atomic E-state index is 12.4. The lowest BCUT2D eigenvalue weighted by atomic mass is 10.2. The van der Waals surface area contributed by atoms with Crippen molar-refractivity contribution < 1.29 is 8.42 Å². The van der Waals surface area contributed by atoms with Crippen LogP contribution in [0, 0.1) is 6.92 Å². The normalized spacial score (nSPS) is 13.3. The topological polar surface area (TPSA) is 46.2 Å². The van der Waals surface area contributed by atoms with Gasteiger partial charge in [-0.25, -0.2) is 13.1 Å². The highest BCUT2D eigenvalue weighted by atomic mass is 79.9. The van der Waals surface area contributed by atoms with E-state index in [1.807, 2.05) is 26.0 Å². The summed E-state index contributed by atoms with van der Waals surface area (Å²) in [5.74, 6) is 0. The monoisotopic (exact) mass is 407 g/mol. The second-order valence-corrected chi connectivity index (χ2v) is 9.19. The molecule has 1 aromatic heterocycles. The zero-order valence-corrected chi connectivity index (χ0v) is 15.5. The van der Waals surface area contributed by atoms with Crippen molar-refractivity contribution in [3.8, 4) is 0 Å². The second-order valence-electron chi connectivity index (χ2n) is 4.81. The first-order chi connectivity index (χ1) is 9.78. The Labute approximate surface area is 142 Å².